The maximum atomic E-state index is 12.9. The summed E-state index contributed by atoms with van der Waals surface area (Å²) in [5.74, 6) is -0.934. The fourth-order valence-corrected chi connectivity index (χ4v) is 10.5. The molecule has 0 N–H and O–H groups in total. The molecule has 0 heterocycles. The van der Waals surface area contributed by atoms with Crippen LogP contribution in [0.4, 0.5) is 0 Å². The van der Waals surface area contributed by atoms with Crippen LogP contribution in [0.15, 0.2) is 85.1 Å². The van der Waals surface area contributed by atoms with E-state index in [1.165, 1.54) is 238 Å². The summed E-state index contributed by atoms with van der Waals surface area (Å²) in [5, 5.41) is 0. The van der Waals surface area contributed by atoms with Crippen LogP contribution in [-0.2, 0) is 28.6 Å². The summed E-state index contributed by atoms with van der Waals surface area (Å²) >= 11 is 0. The van der Waals surface area contributed by atoms with Crippen molar-refractivity contribution in [3.8, 4) is 0 Å². The molecular formula is C77H136O6. The van der Waals surface area contributed by atoms with Gasteiger partial charge in [0.25, 0.3) is 0 Å². The van der Waals surface area contributed by atoms with E-state index in [2.05, 4.69) is 106 Å². The number of ether oxygens (including phenoxy) is 3. The monoisotopic (exact) mass is 1160 g/mol. The summed E-state index contributed by atoms with van der Waals surface area (Å²) in [6.45, 7) is 6.51. The lowest BCUT2D eigenvalue weighted by Gasteiger charge is -2.18. The average molecular weight is 1160 g/mol. The van der Waals surface area contributed by atoms with E-state index in [0.717, 1.165) is 83.5 Å². The van der Waals surface area contributed by atoms with Gasteiger partial charge in [0.2, 0.25) is 0 Å². The van der Waals surface area contributed by atoms with Gasteiger partial charge in [-0.3, -0.25) is 14.4 Å². The maximum absolute atomic E-state index is 12.9. The van der Waals surface area contributed by atoms with Gasteiger partial charge in [0.15, 0.2) is 6.10 Å². The Morgan fingerprint density at radius 2 is 0.482 bits per heavy atom. The van der Waals surface area contributed by atoms with Gasteiger partial charge in [-0.2, -0.15) is 0 Å². The van der Waals surface area contributed by atoms with E-state index in [0.29, 0.717) is 19.3 Å². The molecule has 0 bridgehead atoms. The third-order valence-corrected chi connectivity index (χ3v) is 15.9. The molecule has 0 aromatic carbocycles. The number of esters is 3. The van der Waals surface area contributed by atoms with E-state index in [1.54, 1.807) is 0 Å². The molecular weight excluding hydrogens is 1020 g/mol. The number of allylic oxidation sites excluding steroid dienone is 14. The summed E-state index contributed by atoms with van der Waals surface area (Å²) in [6.07, 6.45) is 95.0. The van der Waals surface area contributed by atoms with Crippen LogP contribution in [0.2, 0.25) is 0 Å². The molecule has 0 saturated carbocycles. The molecule has 0 amide bonds. The van der Waals surface area contributed by atoms with Crippen molar-refractivity contribution in [2.75, 3.05) is 13.2 Å². The number of carbonyl (C=O) groups excluding carboxylic acids is 3. The summed E-state index contributed by atoms with van der Waals surface area (Å²) < 4.78 is 16.9. The first kappa shape index (κ1) is 79.6. The molecule has 0 aromatic rings. The average Bonchev–Trinajstić information content (AvgIpc) is 3.49. The molecule has 83 heavy (non-hydrogen) atoms. The lowest BCUT2D eigenvalue weighted by atomic mass is 10.0. The third-order valence-electron chi connectivity index (χ3n) is 15.9. The van der Waals surface area contributed by atoms with Crippen molar-refractivity contribution in [1.82, 2.24) is 0 Å². The molecule has 0 aromatic heterocycles. The van der Waals surface area contributed by atoms with Gasteiger partial charge in [-0.25, -0.2) is 0 Å². The van der Waals surface area contributed by atoms with Crippen molar-refractivity contribution in [3.05, 3.63) is 85.1 Å². The van der Waals surface area contributed by atoms with E-state index in [4.69, 9.17) is 14.2 Å². The molecule has 480 valence electrons. The number of hydrogen-bond acceptors (Lipinski definition) is 6. The van der Waals surface area contributed by atoms with Crippen molar-refractivity contribution in [2.24, 2.45) is 0 Å². The van der Waals surface area contributed by atoms with Gasteiger partial charge in [0, 0.05) is 19.3 Å². The second-order valence-electron chi connectivity index (χ2n) is 24.1. The van der Waals surface area contributed by atoms with Gasteiger partial charge in [0.05, 0.1) is 0 Å². The highest BCUT2D eigenvalue weighted by atomic mass is 16.6. The quantitative estimate of drug-likeness (QED) is 0.0261. The third kappa shape index (κ3) is 69.3. The van der Waals surface area contributed by atoms with E-state index >= 15 is 0 Å². The summed E-state index contributed by atoms with van der Waals surface area (Å²) in [6, 6.07) is 0. The maximum Gasteiger partial charge on any atom is 0.306 e. The van der Waals surface area contributed by atoms with Crippen LogP contribution in [0.25, 0.3) is 0 Å². The highest BCUT2D eigenvalue weighted by Crippen LogP contribution is 2.18. The lowest BCUT2D eigenvalue weighted by molar-refractivity contribution is -0.167. The Balaban J connectivity index is 4.14. The first-order valence-electron chi connectivity index (χ1n) is 36.1. The van der Waals surface area contributed by atoms with Crippen molar-refractivity contribution in [2.45, 2.75) is 374 Å². The fraction of sp³-hybridized carbons (Fsp3) is 0.779. The predicted octanol–water partition coefficient (Wildman–Crippen LogP) is 25.0. The molecule has 0 spiro atoms. The smallest absolute Gasteiger partial charge is 0.306 e. The fourth-order valence-electron chi connectivity index (χ4n) is 10.5. The molecule has 1 atom stereocenters. The Morgan fingerprint density at radius 3 is 0.771 bits per heavy atom. The van der Waals surface area contributed by atoms with Gasteiger partial charge < -0.3 is 14.2 Å². The standard InChI is InChI=1S/C77H136O6/c1-4-7-10-13-16-19-22-25-27-29-30-31-32-33-34-35-36-37-38-39-40-41-42-43-44-45-46-48-49-52-55-58-61-64-67-70-76(79)82-73-74(72-81-75(78)69-66-63-60-57-54-51-24-21-18-15-12-9-6-3)83-77(80)71-68-65-62-59-56-53-50-47-28-26-23-20-17-14-11-8-5-2/h8,11,17,20,22,25-26,28-30,50,53,59,62,74H,4-7,9-10,12-16,18-19,21,23-24,27,31-49,51-52,54-58,60-61,63-73H2,1-3H3/b11-8-,20-17-,25-22-,28-26-,30-29-,53-50-,62-59-. The Labute approximate surface area is 515 Å². The summed E-state index contributed by atoms with van der Waals surface area (Å²) in [4.78, 5) is 38.3. The van der Waals surface area contributed by atoms with Crippen LogP contribution in [-0.4, -0.2) is 37.2 Å². The Bertz CT molecular complexity index is 1570. The van der Waals surface area contributed by atoms with Crippen LogP contribution < -0.4 is 0 Å². The van der Waals surface area contributed by atoms with Crippen LogP contribution >= 0.6 is 0 Å². The van der Waals surface area contributed by atoms with Crippen LogP contribution in [0.1, 0.15) is 367 Å². The first-order valence-corrected chi connectivity index (χ1v) is 36.1. The number of hydrogen-bond donors (Lipinski definition) is 0. The number of rotatable bonds is 66. The molecule has 0 aliphatic heterocycles. The molecule has 0 aliphatic rings. The first-order chi connectivity index (χ1) is 41.0. The van der Waals surface area contributed by atoms with Crippen molar-refractivity contribution < 1.29 is 28.6 Å². The second kappa shape index (κ2) is 71.1. The molecule has 6 nitrogen and oxygen atoms in total. The topological polar surface area (TPSA) is 78.9 Å². The van der Waals surface area contributed by atoms with E-state index in [1.807, 2.05) is 0 Å². The van der Waals surface area contributed by atoms with Gasteiger partial charge in [-0.1, -0.05) is 343 Å². The van der Waals surface area contributed by atoms with E-state index in [-0.39, 0.29) is 37.5 Å². The molecule has 6 heteroatoms. The van der Waals surface area contributed by atoms with Crippen LogP contribution in [0.3, 0.4) is 0 Å². The molecule has 1 unspecified atom stereocenters. The van der Waals surface area contributed by atoms with Crippen molar-refractivity contribution >= 4 is 17.9 Å². The molecule has 0 aliphatic carbocycles. The summed E-state index contributed by atoms with van der Waals surface area (Å²) in [7, 11) is 0. The Morgan fingerprint density at radius 1 is 0.253 bits per heavy atom. The largest absolute Gasteiger partial charge is 0.462 e. The zero-order valence-electron chi connectivity index (χ0n) is 55.2. The SMILES string of the molecule is CC/C=C\C/C=C\C/C=C\C/C=C\C/C=C\CCCC(=O)OC(COC(=O)CCCCCCCCCCCCCCC)COC(=O)CCCCCCCCCCCCCCCCCCCCCCCCC/C=C\C/C=C\CCCCCCC. The van der Waals surface area contributed by atoms with Crippen molar-refractivity contribution in [1.29, 1.82) is 0 Å². The van der Waals surface area contributed by atoms with Gasteiger partial charge in [-0.15, -0.1) is 0 Å². The van der Waals surface area contributed by atoms with Crippen molar-refractivity contribution in [3.63, 3.8) is 0 Å². The van der Waals surface area contributed by atoms with Crippen LogP contribution in [0, 0.1) is 0 Å². The highest BCUT2D eigenvalue weighted by Gasteiger charge is 2.19. The zero-order valence-corrected chi connectivity index (χ0v) is 55.2. The number of carbonyl (C=O) groups is 3. The van der Waals surface area contributed by atoms with E-state index in [9.17, 15) is 14.4 Å². The minimum Gasteiger partial charge on any atom is -0.462 e. The highest BCUT2D eigenvalue weighted by molar-refractivity contribution is 5.71. The Hall–Kier alpha value is -3.41. The predicted molar refractivity (Wildman–Crippen MR) is 362 cm³/mol. The molecule has 0 saturated heterocycles. The normalized spacial score (nSPS) is 12.6. The molecule has 0 fully saturated rings. The van der Waals surface area contributed by atoms with E-state index < -0.39 is 6.10 Å². The van der Waals surface area contributed by atoms with Gasteiger partial charge in [-0.05, 0) is 89.9 Å². The zero-order chi connectivity index (χ0) is 59.9. The number of unbranched alkanes of at least 4 members (excludes halogenated alkanes) is 41. The summed E-state index contributed by atoms with van der Waals surface area (Å²) in [5.41, 5.74) is 0. The lowest BCUT2D eigenvalue weighted by Crippen LogP contribution is -2.30. The Kier molecular flexibility index (Phi) is 68.2. The molecule has 0 rings (SSSR count). The van der Waals surface area contributed by atoms with Gasteiger partial charge >= 0.3 is 17.9 Å². The minimum atomic E-state index is -0.804. The second-order valence-corrected chi connectivity index (χ2v) is 24.1. The molecule has 0 radical (unpaired) electrons. The van der Waals surface area contributed by atoms with Gasteiger partial charge in [0.1, 0.15) is 13.2 Å². The van der Waals surface area contributed by atoms with Crippen LogP contribution in [0.5, 0.6) is 0 Å². The minimum absolute atomic E-state index is 0.0943.